The van der Waals surface area contributed by atoms with E-state index in [1.165, 1.54) is 0 Å². The van der Waals surface area contributed by atoms with Gasteiger partial charge in [-0.2, -0.15) is 17.9 Å². The minimum absolute atomic E-state index is 0.0531. The first-order valence-electron chi connectivity index (χ1n) is 11.6. The van der Waals surface area contributed by atoms with Crippen molar-refractivity contribution < 1.29 is 26.4 Å². The number of rotatable bonds is 9. The fourth-order valence-corrected chi connectivity index (χ4v) is 5.61. The zero-order valence-electron chi connectivity index (χ0n) is 20.8. The lowest BCUT2D eigenvalue weighted by Crippen LogP contribution is -2.45. The van der Waals surface area contributed by atoms with Crippen LogP contribution in [0.25, 0.3) is 10.6 Å². The zero-order chi connectivity index (χ0) is 28.2. The lowest BCUT2D eigenvalue weighted by molar-refractivity contribution is -0.137. The van der Waals surface area contributed by atoms with Crippen LogP contribution in [0.5, 0.6) is 0 Å². The Balaban J connectivity index is 1.56. The van der Waals surface area contributed by atoms with E-state index >= 15 is 0 Å². The number of amides is 1. The molecule has 39 heavy (non-hydrogen) atoms. The van der Waals surface area contributed by atoms with Crippen LogP contribution in [0.1, 0.15) is 11.1 Å². The molecule has 8 nitrogen and oxygen atoms in total. The average Bonchev–Trinajstić information content (AvgIpc) is 3.37. The number of carbonyl (C=O) groups is 1. The van der Waals surface area contributed by atoms with Gasteiger partial charge in [0.1, 0.15) is 11.0 Å². The molecule has 0 aliphatic rings. The molecule has 4 rings (SSSR count). The van der Waals surface area contributed by atoms with Crippen molar-refractivity contribution in [3.05, 3.63) is 90.0 Å². The van der Waals surface area contributed by atoms with E-state index in [2.05, 4.69) is 20.2 Å². The second-order valence-corrected chi connectivity index (χ2v) is 11.4. The molecule has 3 aromatic carbocycles. The van der Waals surface area contributed by atoms with Gasteiger partial charge in [0.25, 0.3) is 0 Å². The van der Waals surface area contributed by atoms with Gasteiger partial charge in [-0.25, -0.2) is 8.42 Å². The number of benzene rings is 3. The van der Waals surface area contributed by atoms with Crippen LogP contribution in [0.3, 0.4) is 0 Å². The third-order valence-corrected chi connectivity index (χ3v) is 8.01. The minimum atomic E-state index is -4.73. The molecule has 0 saturated heterocycles. The largest absolute Gasteiger partial charge is 0.416 e. The Morgan fingerprint density at radius 3 is 2.31 bits per heavy atom. The van der Waals surface area contributed by atoms with Gasteiger partial charge in [-0.3, -0.25) is 10.1 Å². The number of alkyl halides is 3. The number of hydrogen-bond acceptors (Lipinski definition) is 7. The number of carbonyl (C=O) groups excluding carboxylic acids is 1. The second-order valence-electron chi connectivity index (χ2n) is 8.73. The van der Waals surface area contributed by atoms with Gasteiger partial charge in [-0.15, -0.1) is 10.2 Å². The number of nitrogens with zero attached hydrogens (tertiary/aromatic N) is 3. The maximum absolute atomic E-state index is 13.2. The minimum Gasteiger partial charge on any atom is -0.378 e. The molecule has 1 unspecified atom stereocenters. The summed E-state index contributed by atoms with van der Waals surface area (Å²) < 4.78 is 67.8. The van der Waals surface area contributed by atoms with Crippen molar-refractivity contribution in [2.24, 2.45) is 0 Å². The zero-order valence-corrected chi connectivity index (χ0v) is 22.4. The highest BCUT2D eigenvalue weighted by Gasteiger charge is 2.33. The molecule has 4 aromatic rings. The predicted octanol–water partition coefficient (Wildman–Crippen LogP) is 4.82. The molecular weight excluding hydrogens is 551 g/mol. The Kier molecular flexibility index (Phi) is 8.33. The molecule has 1 atom stereocenters. The summed E-state index contributed by atoms with van der Waals surface area (Å²) in [6.45, 7) is 0. The van der Waals surface area contributed by atoms with E-state index in [-0.39, 0.29) is 11.6 Å². The Morgan fingerprint density at radius 1 is 0.974 bits per heavy atom. The van der Waals surface area contributed by atoms with Gasteiger partial charge in [0.15, 0.2) is 0 Å². The third kappa shape index (κ3) is 7.19. The standard InChI is InChI=1S/C26H24F3N5O3S2/c1-34(2)20-13-11-18(12-14-20)24-31-32-25(38-24)30-23(35)22(15-17-7-4-3-5-8-17)33-39(36,37)21-10-6-9-19(16-21)26(27,28)29/h3-14,16,22,33H,15H2,1-2H3,(H,30,32,35). The Morgan fingerprint density at radius 2 is 1.67 bits per heavy atom. The highest BCUT2D eigenvalue weighted by Crippen LogP contribution is 2.31. The molecule has 1 aromatic heterocycles. The molecule has 0 bridgehead atoms. The SMILES string of the molecule is CN(C)c1ccc(-c2nnc(NC(=O)C(Cc3ccccc3)NS(=O)(=O)c3cccc(C(F)(F)F)c3)s2)cc1. The number of nitrogens with one attached hydrogen (secondary N) is 2. The van der Waals surface area contributed by atoms with Crippen molar-refractivity contribution >= 4 is 38.1 Å². The summed E-state index contributed by atoms with van der Waals surface area (Å²) in [5.74, 6) is -0.736. The molecule has 2 N–H and O–H groups in total. The van der Waals surface area contributed by atoms with Crippen LogP contribution < -0.4 is 14.9 Å². The van der Waals surface area contributed by atoms with Crippen LogP contribution in [0.2, 0.25) is 0 Å². The van der Waals surface area contributed by atoms with E-state index in [0.717, 1.165) is 40.8 Å². The average molecular weight is 576 g/mol. The lowest BCUT2D eigenvalue weighted by atomic mass is 10.1. The summed E-state index contributed by atoms with van der Waals surface area (Å²) in [6.07, 6.45) is -4.78. The maximum atomic E-state index is 13.2. The van der Waals surface area contributed by atoms with E-state index < -0.39 is 38.6 Å². The molecule has 0 fully saturated rings. The molecule has 0 saturated carbocycles. The van der Waals surface area contributed by atoms with E-state index in [1.807, 2.05) is 43.3 Å². The van der Waals surface area contributed by atoms with Crippen molar-refractivity contribution in [2.75, 3.05) is 24.3 Å². The van der Waals surface area contributed by atoms with E-state index in [9.17, 15) is 26.4 Å². The van der Waals surface area contributed by atoms with Gasteiger partial charge in [0, 0.05) is 25.3 Å². The molecule has 1 heterocycles. The normalized spacial score (nSPS) is 12.6. The van der Waals surface area contributed by atoms with Crippen molar-refractivity contribution in [3.8, 4) is 10.6 Å². The van der Waals surface area contributed by atoms with E-state index in [1.54, 1.807) is 30.3 Å². The van der Waals surface area contributed by atoms with Gasteiger partial charge in [-0.05, 0) is 54.4 Å². The Labute approximate surface area is 227 Å². The molecule has 204 valence electrons. The summed E-state index contributed by atoms with van der Waals surface area (Å²) in [6, 6.07) is 18.2. The summed E-state index contributed by atoms with van der Waals surface area (Å²) in [4.78, 5) is 14.6. The van der Waals surface area contributed by atoms with Gasteiger partial charge in [0.05, 0.1) is 10.5 Å². The third-order valence-electron chi connectivity index (χ3n) is 5.65. The smallest absolute Gasteiger partial charge is 0.378 e. The van der Waals surface area contributed by atoms with Crippen LogP contribution in [0.15, 0.2) is 83.8 Å². The molecule has 0 aliphatic heterocycles. The van der Waals surface area contributed by atoms with Gasteiger partial charge in [-0.1, -0.05) is 47.7 Å². The molecular formula is C26H24F3N5O3S2. The van der Waals surface area contributed by atoms with Gasteiger partial charge >= 0.3 is 6.18 Å². The summed E-state index contributed by atoms with van der Waals surface area (Å²) >= 11 is 1.10. The Bertz CT molecular complexity index is 1540. The second kappa shape index (κ2) is 11.5. The predicted molar refractivity (Wildman–Crippen MR) is 144 cm³/mol. The van der Waals surface area contributed by atoms with Crippen LogP contribution in [0.4, 0.5) is 24.0 Å². The lowest BCUT2D eigenvalue weighted by Gasteiger charge is -2.18. The number of aromatic nitrogens is 2. The van der Waals surface area contributed by atoms with Crippen LogP contribution in [0, 0.1) is 0 Å². The monoisotopic (exact) mass is 575 g/mol. The van der Waals surface area contributed by atoms with Gasteiger partial charge < -0.3 is 4.90 Å². The number of sulfonamides is 1. The summed E-state index contributed by atoms with van der Waals surface area (Å²) in [5.41, 5.74) is 1.30. The van der Waals surface area contributed by atoms with Crippen molar-refractivity contribution in [1.82, 2.24) is 14.9 Å². The Hall–Kier alpha value is -3.81. The summed E-state index contributed by atoms with van der Waals surface area (Å²) in [5, 5.41) is 11.4. The van der Waals surface area contributed by atoms with Crippen LogP contribution >= 0.6 is 11.3 Å². The molecule has 1 amide bonds. The molecule has 0 radical (unpaired) electrons. The molecule has 0 spiro atoms. The topological polar surface area (TPSA) is 104 Å². The van der Waals surface area contributed by atoms with Gasteiger partial charge in [0.2, 0.25) is 21.1 Å². The quantitative estimate of drug-likeness (QED) is 0.297. The van der Waals surface area contributed by atoms with Crippen molar-refractivity contribution in [3.63, 3.8) is 0 Å². The molecule has 13 heteroatoms. The number of hydrogen-bond donors (Lipinski definition) is 2. The van der Waals surface area contributed by atoms with E-state index in [4.69, 9.17) is 0 Å². The first-order valence-corrected chi connectivity index (χ1v) is 13.9. The summed E-state index contributed by atoms with van der Waals surface area (Å²) in [7, 11) is -0.661. The highest BCUT2D eigenvalue weighted by molar-refractivity contribution is 7.89. The number of halogens is 3. The first-order chi connectivity index (χ1) is 18.4. The van der Waals surface area contributed by atoms with Crippen molar-refractivity contribution in [2.45, 2.75) is 23.5 Å². The first kappa shape index (κ1) is 28.2. The fraction of sp³-hybridized carbons (Fsp3) is 0.192. The van der Waals surface area contributed by atoms with E-state index in [0.29, 0.717) is 16.6 Å². The highest BCUT2D eigenvalue weighted by atomic mass is 32.2. The maximum Gasteiger partial charge on any atom is 0.416 e. The number of anilines is 2. The fourth-order valence-electron chi connectivity index (χ4n) is 3.62. The van der Waals surface area contributed by atoms with Crippen LogP contribution in [-0.2, 0) is 27.4 Å². The van der Waals surface area contributed by atoms with Crippen molar-refractivity contribution in [1.29, 1.82) is 0 Å². The van der Waals surface area contributed by atoms with Crippen LogP contribution in [-0.4, -0.2) is 44.7 Å². The molecule has 0 aliphatic carbocycles.